The van der Waals surface area contributed by atoms with Crippen molar-refractivity contribution >= 4 is 23.2 Å². The summed E-state index contributed by atoms with van der Waals surface area (Å²) < 4.78 is 37.2. The fourth-order valence-electron chi connectivity index (χ4n) is 1.65. The van der Waals surface area contributed by atoms with Crippen LogP contribution in [0.2, 0.25) is 0 Å². The second-order valence-electron chi connectivity index (χ2n) is 4.40. The van der Waals surface area contributed by atoms with Crippen molar-refractivity contribution in [1.82, 2.24) is 4.98 Å². The van der Waals surface area contributed by atoms with Crippen LogP contribution in [0.3, 0.4) is 0 Å². The van der Waals surface area contributed by atoms with Crippen LogP contribution in [0.15, 0.2) is 47.6 Å². The summed E-state index contributed by atoms with van der Waals surface area (Å²) in [5, 5.41) is 10.9. The SMILES string of the molecule is O=C(CSc1ccc(C(F)(F)F)cn1)c1cccc([N+](=O)[O-])c1. The third-order valence-electron chi connectivity index (χ3n) is 2.79. The van der Waals surface area contributed by atoms with Crippen LogP contribution in [0.4, 0.5) is 18.9 Å². The maximum atomic E-state index is 12.4. The predicted molar refractivity (Wildman–Crippen MR) is 77.4 cm³/mol. The van der Waals surface area contributed by atoms with Crippen molar-refractivity contribution < 1.29 is 22.9 Å². The lowest BCUT2D eigenvalue weighted by atomic mass is 10.1. The van der Waals surface area contributed by atoms with Crippen LogP contribution in [-0.4, -0.2) is 21.4 Å². The molecule has 0 radical (unpaired) electrons. The Hall–Kier alpha value is -2.42. The summed E-state index contributed by atoms with van der Waals surface area (Å²) in [6.45, 7) is 0. The summed E-state index contributed by atoms with van der Waals surface area (Å²) >= 11 is 0.959. The molecule has 2 rings (SSSR count). The Morgan fingerprint density at radius 1 is 1.26 bits per heavy atom. The van der Waals surface area contributed by atoms with E-state index in [4.69, 9.17) is 0 Å². The Balaban J connectivity index is 2.02. The normalized spacial score (nSPS) is 11.3. The number of pyridine rings is 1. The molecule has 1 heterocycles. The van der Waals surface area contributed by atoms with Gasteiger partial charge in [0.2, 0.25) is 0 Å². The average Bonchev–Trinajstić information content (AvgIpc) is 2.52. The van der Waals surface area contributed by atoms with Gasteiger partial charge in [0.1, 0.15) is 0 Å². The lowest BCUT2D eigenvalue weighted by molar-refractivity contribution is -0.384. The monoisotopic (exact) mass is 342 g/mol. The van der Waals surface area contributed by atoms with E-state index in [1.807, 2.05) is 0 Å². The zero-order chi connectivity index (χ0) is 17.0. The summed E-state index contributed by atoms with van der Waals surface area (Å²) in [4.78, 5) is 25.7. The van der Waals surface area contributed by atoms with Crippen molar-refractivity contribution in [2.24, 2.45) is 0 Å². The quantitative estimate of drug-likeness (QED) is 0.356. The van der Waals surface area contributed by atoms with Gasteiger partial charge in [0.25, 0.3) is 5.69 Å². The number of carbonyl (C=O) groups is 1. The molecule has 0 aliphatic heterocycles. The third-order valence-corrected chi connectivity index (χ3v) is 3.74. The molecule has 0 saturated carbocycles. The first-order valence-electron chi connectivity index (χ1n) is 6.21. The summed E-state index contributed by atoms with van der Waals surface area (Å²) in [6.07, 6.45) is -3.77. The molecule has 1 aromatic heterocycles. The number of ketones is 1. The van der Waals surface area contributed by atoms with Gasteiger partial charge in [-0.3, -0.25) is 14.9 Å². The largest absolute Gasteiger partial charge is 0.417 e. The molecule has 0 N–H and O–H groups in total. The predicted octanol–water partition coefficient (Wildman–Crippen LogP) is 3.98. The van der Waals surface area contributed by atoms with E-state index in [1.54, 1.807) is 0 Å². The first-order valence-corrected chi connectivity index (χ1v) is 7.19. The first-order chi connectivity index (χ1) is 10.8. The van der Waals surface area contributed by atoms with E-state index >= 15 is 0 Å². The number of Topliss-reactive ketones (excluding diaryl/α,β-unsaturated/α-hetero) is 1. The number of alkyl halides is 3. The van der Waals surface area contributed by atoms with Gasteiger partial charge in [-0.25, -0.2) is 4.98 Å². The lowest BCUT2D eigenvalue weighted by Gasteiger charge is -2.06. The minimum atomic E-state index is -4.46. The molecule has 5 nitrogen and oxygen atoms in total. The third kappa shape index (κ3) is 4.52. The Morgan fingerprint density at radius 3 is 2.57 bits per heavy atom. The van der Waals surface area contributed by atoms with E-state index in [0.717, 1.165) is 23.9 Å². The highest BCUT2D eigenvalue weighted by atomic mass is 32.2. The Morgan fingerprint density at radius 2 is 2.00 bits per heavy atom. The topological polar surface area (TPSA) is 73.1 Å². The number of non-ortho nitro benzene ring substituents is 1. The number of nitrogens with zero attached hydrogens (tertiary/aromatic N) is 2. The van der Waals surface area contributed by atoms with Gasteiger partial charge in [-0.2, -0.15) is 13.2 Å². The van der Waals surface area contributed by atoms with Gasteiger partial charge < -0.3 is 0 Å². The van der Waals surface area contributed by atoms with Crippen LogP contribution in [0, 0.1) is 10.1 Å². The molecule has 120 valence electrons. The summed E-state index contributed by atoms with van der Waals surface area (Å²) in [5.41, 5.74) is -0.904. The number of aromatic nitrogens is 1. The fourth-order valence-corrected chi connectivity index (χ4v) is 2.39. The Labute approximate surface area is 132 Å². The molecule has 0 spiro atoms. The maximum Gasteiger partial charge on any atom is 0.417 e. The number of thioether (sulfide) groups is 1. The van der Waals surface area contributed by atoms with Crippen molar-refractivity contribution in [3.63, 3.8) is 0 Å². The van der Waals surface area contributed by atoms with Crippen molar-refractivity contribution in [2.45, 2.75) is 11.2 Å². The van der Waals surface area contributed by atoms with Crippen LogP contribution in [0.25, 0.3) is 0 Å². The molecular weight excluding hydrogens is 333 g/mol. The molecule has 0 amide bonds. The van der Waals surface area contributed by atoms with Gasteiger partial charge in [-0.05, 0) is 12.1 Å². The Bertz CT molecular complexity index is 733. The number of nitro benzene ring substituents is 1. The molecule has 1 aromatic carbocycles. The standard InChI is InChI=1S/C14H9F3N2O3S/c15-14(16,17)10-4-5-13(18-7-10)23-8-12(20)9-2-1-3-11(6-9)19(21)22/h1-7H,8H2. The summed E-state index contributed by atoms with van der Waals surface area (Å²) in [7, 11) is 0. The average molecular weight is 342 g/mol. The van der Waals surface area contributed by atoms with Crippen molar-refractivity contribution in [2.75, 3.05) is 5.75 Å². The van der Waals surface area contributed by atoms with Gasteiger partial charge in [-0.15, -0.1) is 0 Å². The van der Waals surface area contributed by atoms with E-state index in [2.05, 4.69) is 4.98 Å². The van der Waals surface area contributed by atoms with E-state index < -0.39 is 16.7 Å². The number of halogens is 3. The number of hydrogen-bond acceptors (Lipinski definition) is 5. The molecule has 0 unspecified atom stereocenters. The number of carbonyl (C=O) groups excluding carboxylic acids is 1. The van der Waals surface area contributed by atoms with E-state index in [-0.39, 0.29) is 27.8 Å². The molecule has 0 saturated heterocycles. The molecule has 2 aromatic rings. The summed E-state index contributed by atoms with van der Waals surface area (Å²) in [5.74, 6) is -0.458. The number of benzene rings is 1. The number of rotatable bonds is 5. The van der Waals surface area contributed by atoms with Crippen molar-refractivity contribution in [3.05, 3.63) is 63.8 Å². The van der Waals surface area contributed by atoms with Crippen LogP contribution < -0.4 is 0 Å². The highest BCUT2D eigenvalue weighted by Crippen LogP contribution is 2.29. The number of hydrogen-bond donors (Lipinski definition) is 0. The molecule has 9 heteroatoms. The van der Waals surface area contributed by atoms with Crippen LogP contribution in [0.1, 0.15) is 15.9 Å². The molecule has 0 aliphatic carbocycles. The van der Waals surface area contributed by atoms with E-state index in [9.17, 15) is 28.1 Å². The lowest BCUT2D eigenvalue weighted by Crippen LogP contribution is -2.06. The highest BCUT2D eigenvalue weighted by molar-refractivity contribution is 7.99. The molecule has 0 fully saturated rings. The van der Waals surface area contributed by atoms with E-state index in [0.29, 0.717) is 6.20 Å². The second-order valence-corrected chi connectivity index (χ2v) is 5.40. The van der Waals surface area contributed by atoms with E-state index in [1.165, 1.54) is 24.3 Å². The van der Waals surface area contributed by atoms with Crippen molar-refractivity contribution in [1.29, 1.82) is 0 Å². The first kappa shape index (κ1) is 16.9. The van der Waals surface area contributed by atoms with Crippen LogP contribution >= 0.6 is 11.8 Å². The maximum absolute atomic E-state index is 12.4. The fraction of sp³-hybridized carbons (Fsp3) is 0.143. The number of nitro groups is 1. The van der Waals surface area contributed by atoms with Gasteiger partial charge in [0.05, 0.1) is 21.3 Å². The molecule has 23 heavy (non-hydrogen) atoms. The molecule has 0 bridgehead atoms. The van der Waals surface area contributed by atoms with Gasteiger partial charge in [0.15, 0.2) is 5.78 Å². The van der Waals surface area contributed by atoms with Crippen LogP contribution in [-0.2, 0) is 6.18 Å². The van der Waals surface area contributed by atoms with Crippen LogP contribution in [0.5, 0.6) is 0 Å². The van der Waals surface area contributed by atoms with Gasteiger partial charge in [-0.1, -0.05) is 23.9 Å². The molecule has 0 aliphatic rings. The molecular formula is C14H9F3N2O3S. The van der Waals surface area contributed by atoms with Crippen molar-refractivity contribution in [3.8, 4) is 0 Å². The zero-order valence-corrected chi connectivity index (χ0v) is 12.2. The van der Waals surface area contributed by atoms with Gasteiger partial charge >= 0.3 is 6.18 Å². The van der Waals surface area contributed by atoms with Gasteiger partial charge in [0, 0.05) is 23.9 Å². The smallest absolute Gasteiger partial charge is 0.293 e. The minimum Gasteiger partial charge on any atom is -0.293 e. The summed E-state index contributed by atoms with van der Waals surface area (Å²) in [6, 6.07) is 7.31. The highest BCUT2D eigenvalue weighted by Gasteiger charge is 2.30. The zero-order valence-electron chi connectivity index (χ0n) is 11.4. The Kier molecular flexibility index (Phi) is 4.99. The minimum absolute atomic E-state index is 0.0838. The molecule has 0 atom stereocenters. The second kappa shape index (κ2) is 6.78.